The number of nitrogens with zero attached hydrogens (tertiary/aromatic N) is 1. The first-order valence-corrected chi connectivity index (χ1v) is 6.89. The number of carbonyl (C=O) groups excluding carboxylic acids is 1. The van der Waals surface area contributed by atoms with Crippen LogP contribution >= 0.6 is 0 Å². The summed E-state index contributed by atoms with van der Waals surface area (Å²) >= 11 is 0. The van der Waals surface area contributed by atoms with Crippen molar-refractivity contribution in [3.63, 3.8) is 0 Å². The Labute approximate surface area is 116 Å². The minimum absolute atomic E-state index is 0.117. The molecule has 1 aliphatic rings. The van der Waals surface area contributed by atoms with Crippen LogP contribution in [0.2, 0.25) is 0 Å². The van der Waals surface area contributed by atoms with E-state index in [4.69, 9.17) is 9.47 Å². The monoisotopic (exact) mass is 272 g/mol. The van der Waals surface area contributed by atoms with Crippen LogP contribution in [0.5, 0.6) is 0 Å². The third kappa shape index (κ3) is 4.16. The lowest BCUT2D eigenvalue weighted by Gasteiger charge is -2.43. The average molecular weight is 272 g/mol. The first kappa shape index (κ1) is 16.4. The molecule has 19 heavy (non-hydrogen) atoms. The SMILES string of the molecule is CNC(C)(CC(C)N1CCOC(C)(C)C1)C(=O)OC. The number of esters is 1. The molecule has 1 rings (SSSR count). The summed E-state index contributed by atoms with van der Waals surface area (Å²) in [6.07, 6.45) is 0.715. The van der Waals surface area contributed by atoms with E-state index in [1.165, 1.54) is 7.11 Å². The molecule has 1 aliphatic heterocycles. The Kier molecular flexibility index (Phi) is 5.35. The average Bonchev–Trinajstić information content (AvgIpc) is 2.36. The fourth-order valence-electron chi connectivity index (χ4n) is 2.66. The van der Waals surface area contributed by atoms with Gasteiger partial charge in [0.25, 0.3) is 0 Å². The smallest absolute Gasteiger partial charge is 0.325 e. The number of methoxy groups -OCH3 is 1. The van der Waals surface area contributed by atoms with E-state index in [1.807, 2.05) is 6.92 Å². The van der Waals surface area contributed by atoms with Crippen molar-refractivity contribution in [3.8, 4) is 0 Å². The largest absolute Gasteiger partial charge is 0.468 e. The summed E-state index contributed by atoms with van der Waals surface area (Å²) in [7, 11) is 3.23. The maximum Gasteiger partial charge on any atom is 0.325 e. The Bertz CT molecular complexity index is 320. The lowest BCUT2D eigenvalue weighted by molar-refractivity contribution is -0.149. The topological polar surface area (TPSA) is 50.8 Å². The number of carbonyl (C=O) groups is 1. The van der Waals surface area contributed by atoms with E-state index in [0.717, 1.165) is 19.7 Å². The van der Waals surface area contributed by atoms with Crippen molar-refractivity contribution >= 4 is 5.97 Å². The second-order valence-electron chi connectivity index (χ2n) is 6.21. The summed E-state index contributed by atoms with van der Waals surface area (Å²) < 4.78 is 10.6. The summed E-state index contributed by atoms with van der Waals surface area (Å²) in [5.74, 6) is -0.214. The van der Waals surface area contributed by atoms with Gasteiger partial charge in [0.15, 0.2) is 0 Å². The van der Waals surface area contributed by atoms with Gasteiger partial charge in [-0.3, -0.25) is 9.69 Å². The Morgan fingerprint density at radius 1 is 1.58 bits per heavy atom. The highest BCUT2D eigenvalue weighted by atomic mass is 16.5. The lowest BCUT2D eigenvalue weighted by Crippen LogP contribution is -2.56. The van der Waals surface area contributed by atoms with Crippen LogP contribution in [0.4, 0.5) is 0 Å². The van der Waals surface area contributed by atoms with Gasteiger partial charge < -0.3 is 14.8 Å². The summed E-state index contributed by atoms with van der Waals surface area (Å²) in [4.78, 5) is 14.3. The highest BCUT2D eigenvalue weighted by Gasteiger charge is 2.37. The quantitative estimate of drug-likeness (QED) is 0.758. The molecule has 1 fully saturated rings. The zero-order chi connectivity index (χ0) is 14.7. The number of hydrogen-bond donors (Lipinski definition) is 1. The maximum atomic E-state index is 11.9. The highest BCUT2D eigenvalue weighted by molar-refractivity contribution is 5.80. The molecule has 0 aliphatic carbocycles. The molecule has 112 valence electrons. The molecule has 0 bridgehead atoms. The summed E-state index contributed by atoms with van der Waals surface area (Å²) in [6, 6.07) is 0.291. The zero-order valence-electron chi connectivity index (χ0n) is 13.1. The van der Waals surface area contributed by atoms with E-state index < -0.39 is 5.54 Å². The molecular formula is C14H28N2O3. The van der Waals surface area contributed by atoms with Crippen molar-refractivity contribution in [3.05, 3.63) is 0 Å². The normalized spacial score (nSPS) is 24.5. The fraction of sp³-hybridized carbons (Fsp3) is 0.929. The van der Waals surface area contributed by atoms with Crippen LogP contribution in [0.3, 0.4) is 0 Å². The van der Waals surface area contributed by atoms with Crippen molar-refractivity contribution in [2.45, 2.75) is 51.3 Å². The second-order valence-corrected chi connectivity index (χ2v) is 6.21. The van der Waals surface area contributed by atoms with Crippen LogP contribution in [0.15, 0.2) is 0 Å². The Morgan fingerprint density at radius 2 is 2.21 bits per heavy atom. The molecule has 0 radical (unpaired) electrons. The van der Waals surface area contributed by atoms with E-state index in [0.29, 0.717) is 12.5 Å². The van der Waals surface area contributed by atoms with Gasteiger partial charge in [-0.25, -0.2) is 0 Å². The van der Waals surface area contributed by atoms with Gasteiger partial charge in [0.05, 0.1) is 19.3 Å². The van der Waals surface area contributed by atoms with Gasteiger partial charge >= 0.3 is 5.97 Å². The summed E-state index contributed by atoms with van der Waals surface area (Å²) in [5.41, 5.74) is -0.759. The minimum Gasteiger partial charge on any atom is -0.468 e. The van der Waals surface area contributed by atoms with Gasteiger partial charge in [0.1, 0.15) is 5.54 Å². The molecule has 5 nitrogen and oxygen atoms in total. The number of hydrogen-bond acceptors (Lipinski definition) is 5. The molecule has 1 N–H and O–H groups in total. The van der Waals surface area contributed by atoms with Crippen molar-refractivity contribution in [2.75, 3.05) is 33.9 Å². The predicted molar refractivity (Wildman–Crippen MR) is 75.2 cm³/mol. The number of morpholine rings is 1. The third-order valence-electron chi connectivity index (χ3n) is 3.97. The van der Waals surface area contributed by atoms with Crippen molar-refractivity contribution in [1.82, 2.24) is 10.2 Å². The maximum absolute atomic E-state index is 11.9. The van der Waals surface area contributed by atoms with E-state index in [9.17, 15) is 4.79 Å². The second kappa shape index (κ2) is 6.20. The molecule has 0 saturated carbocycles. The number of likely N-dealkylation sites (N-methyl/N-ethyl adjacent to an activating group) is 1. The van der Waals surface area contributed by atoms with E-state index >= 15 is 0 Å². The molecule has 0 aromatic heterocycles. The molecule has 0 spiro atoms. The minimum atomic E-state index is -0.642. The van der Waals surface area contributed by atoms with Crippen LogP contribution in [0.1, 0.15) is 34.1 Å². The van der Waals surface area contributed by atoms with Gasteiger partial charge in [0, 0.05) is 19.1 Å². The van der Waals surface area contributed by atoms with Gasteiger partial charge in [-0.1, -0.05) is 0 Å². The molecular weight excluding hydrogens is 244 g/mol. The van der Waals surface area contributed by atoms with Crippen LogP contribution in [0.25, 0.3) is 0 Å². The predicted octanol–water partition coefficient (Wildman–Crippen LogP) is 1.03. The Hall–Kier alpha value is -0.650. The van der Waals surface area contributed by atoms with Crippen molar-refractivity contribution in [1.29, 1.82) is 0 Å². The number of nitrogens with one attached hydrogen (secondary N) is 1. The zero-order valence-corrected chi connectivity index (χ0v) is 13.1. The van der Waals surface area contributed by atoms with Gasteiger partial charge in [-0.2, -0.15) is 0 Å². The molecule has 0 amide bonds. The first-order chi connectivity index (χ1) is 8.74. The molecule has 2 unspecified atom stereocenters. The molecule has 2 atom stereocenters. The lowest BCUT2D eigenvalue weighted by atomic mass is 9.92. The molecule has 0 aromatic carbocycles. The van der Waals surface area contributed by atoms with Crippen molar-refractivity contribution < 1.29 is 14.3 Å². The van der Waals surface area contributed by atoms with Gasteiger partial charge in [-0.05, 0) is 41.2 Å². The Balaban J connectivity index is 2.67. The van der Waals surface area contributed by atoms with E-state index in [-0.39, 0.29) is 11.6 Å². The standard InChI is InChI=1S/C14H28N2O3/c1-11(9-14(4,15-5)12(17)18-6)16-7-8-19-13(2,3)10-16/h11,15H,7-10H2,1-6H3. The van der Waals surface area contributed by atoms with Crippen LogP contribution < -0.4 is 5.32 Å². The Morgan fingerprint density at radius 3 is 2.68 bits per heavy atom. The van der Waals surface area contributed by atoms with Gasteiger partial charge in [-0.15, -0.1) is 0 Å². The number of rotatable bonds is 5. The highest BCUT2D eigenvalue weighted by Crippen LogP contribution is 2.23. The molecule has 1 heterocycles. The first-order valence-electron chi connectivity index (χ1n) is 6.89. The molecule has 5 heteroatoms. The van der Waals surface area contributed by atoms with Crippen molar-refractivity contribution in [2.24, 2.45) is 0 Å². The van der Waals surface area contributed by atoms with E-state index in [1.54, 1.807) is 7.05 Å². The summed E-state index contributed by atoms with van der Waals surface area (Å²) in [6.45, 7) is 10.8. The number of ether oxygens (including phenoxy) is 2. The van der Waals surface area contributed by atoms with Crippen LogP contribution in [0, 0.1) is 0 Å². The van der Waals surface area contributed by atoms with Gasteiger partial charge in [0.2, 0.25) is 0 Å². The fourth-order valence-corrected chi connectivity index (χ4v) is 2.66. The molecule has 0 aromatic rings. The summed E-state index contributed by atoms with van der Waals surface area (Å²) in [5, 5.41) is 3.09. The van der Waals surface area contributed by atoms with E-state index in [2.05, 4.69) is 31.0 Å². The third-order valence-corrected chi connectivity index (χ3v) is 3.97. The van der Waals surface area contributed by atoms with Crippen LogP contribution in [-0.4, -0.2) is 61.9 Å². The van der Waals surface area contributed by atoms with Crippen LogP contribution in [-0.2, 0) is 14.3 Å². The molecule has 1 saturated heterocycles.